The molecule has 2 aromatic rings. The van der Waals surface area contributed by atoms with Crippen LogP contribution in [0.25, 0.3) is 10.9 Å². The molecule has 0 aliphatic heterocycles. The Labute approximate surface area is 91.5 Å². The summed E-state index contributed by atoms with van der Waals surface area (Å²) < 4.78 is 1.09. The Morgan fingerprint density at radius 1 is 1.36 bits per heavy atom. The molecule has 0 bridgehead atoms. The number of aryl methyl sites for hydroxylation is 2. The number of rotatable bonds is 1. The summed E-state index contributed by atoms with van der Waals surface area (Å²) in [5.41, 5.74) is 2.34. The average Bonchev–Trinajstić information content (AvgIpc) is 2.17. The van der Waals surface area contributed by atoms with E-state index in [1.165, 1.54) is 5.56 Å². The van der Waals surface area contributed by atoms with Crippen LogP contribution < -0.4 is 0 Å². The van der Waals surface area contributed by atoms with Crippen LogP contribution in [0.1, 0.15) is 18.3 Å². The van der Waals surface area contributed by atoms with E-state index in [2.05, 4.69) is 38.9 Å². The molecule has 0 N–H and O–H groups in total. The minimum atomic E-state index is 0.828. The molecule has 3 heteroatoms. The van der Waals surface area contributed by atoms with Gasteiger partial charge in [-0.3, -0.25) is 0 Å². The maximum Gasteiger partial charge on any atom is 0.125 e. The molecule has 0 atom stereocenters. The first-order chi connectivity index (χ1) is 6.70. The summed E-state index contributed by atoms with van der Waals surface area (Å²) in [5.74, 6) is 0.828. The standard InChI is InChI=1S/C11H11BrN2/c1-3-8-4-10(12)5-9-6-13-7(2)14-11(8)9/h4-6H,3H2,1-2H3. The highest BCUT2D eigenvalue weighted by molar-refractivity contribution is 9.10. The molecule has 2 rings (SSSR count). The fourth-order valence-electron chi connectivity index (χ4n) is 1.54. The molecule has 0 amide bonds. The van der Waals surface area contributed by atoms with Crippen molar-refractivity contribution in [3.8, 4) is 0 Å². The van der Waals surface area contributed by atoms with Crippen LogP contribution in [0.3, 0.4) is 0 Å². The molecule has 0 radical (unpaired) electrons. The first kappa shape index (κ1) is 9.59. The zero-order valence-corrected chi connectivity index (χ0v) is 9.80. The van der Waals surface area contributed by atoms with Crippen LogP contribution in [-0.4, -0.2) is 9.97 Å². The van der Waals surface area contributed by atoms with Gasteiger partial charge in [-0.05, 0) is 31.0 Å². The average molecular weight is 251 g/mol. The van der Waals surface area contributed by atoms with E-state index in [9.17, 15) is 0 Å². The Balaban J connectivity index is 2.81. The predicted molar refractivity (Wildman–Crippen MR) is 61.4 cm³/mol. The number of hydrogen-bond acceptors (Lipinski definition) is 2. The van der Waals surface area contributed by atoms with Gasteiger partial charge in [0.1, 0.15) is 5.82 Å². The van der Waals surface area contributed by atoms with Gasteiger partial charge in [0.05, 0.1) is 5.52 Å². The largest absolute Gasteiger partial charge is 0.241 e. The van der Waals surface area contributed by atoms with E-state index in [4.69, 9.17) is 0 Å². The highest BCUT2D eigenvalue weighted by atomic mass is 79.9. The van der Waals surface area contributed by atoms with Crippen LogP contribution in [0, 0.1) is 6.92 Å². The molecule has 0 spiro atoms. The summed E-state index contributed by atoms with van der Waals surface area (Å²) >= 11 is 3.49. The Morgan fingerprint density at radius 3 is 2.86 bits per heavy atom. The van der Waals surface area contributed by atoms with Gasteiger partial charge in [0.2, 0.25) is 0 Å². The fraction of sp³-hybridized carbons (Fsp3) is 0.273. The van der Waals surface area contributed by atoms with Crippen molar-refractivity contribution in [3.63, 3.8) is 0 Å². The van der Waals surface area contributed by atoms with Crippen molar-refractivity contribution >= 4 is 26.8 Å². The highest BCUT2D eigenvalue weighted by Crippen LogP contribution is 2.22. The highest BCUT2D eigenvalue weighted by Gasteiger charge is 2.03. The van der Waals surface area contributed by atoms with E-state index >= 15 is 0 Å². The van der Waals surface area contributed by atoms with Gasteiger partial charge in [-0.1, -0.05) is 22.9 Å². The van der Waals surface area contributed by atoms with Crippen molar-refractivity contribution < 1.29 is 0 Å². The third kappa shape index (κ3) is 1.64. The molecule has 0 fully saturated rings. The summed E-state index contributed by atoms with van der Waals surface area (Å²) in [6, 6.07) is 4.17. The van der Waals surface area contributed by atoms with Crippen LogP contribution in [-0.2, 0) is 6.42 Å². The lowest BCUT2D eigenvalue weighted by atomic mass is 10.1. The Hall–Kier alpha value is -0.960. The van der Waals surface area contributed by atoms with Gasteiger partial charge in [-0.15, -0.1) is 0 Å². The molecular formula is C11H11BrN2. The van der Waals surface area contributed by atoms with Crippen molar-refractivity contribution in [2.75, 3.05) is 0 Å². The van der Waals surface area contributed by atoms with E-state index in [-0.39, 0.29) is 0 Å². The second-order valence-corrected chi connectivity index (χ2v) is 4.19. The maximum atomic E-state index is 4.46. The van der Waals surface area contributed by atoms with Gasteiger partial charge in [0, 0.05) is 16.1 Å². The Bertz CT molecular complexity index is 480. The summed E-state index contributed by atoms with van der Waals surface area (Å²) in [4.78, 5) is 8.65. The summed E-state index contributed by atoms with van der Waals surface area (Å²) in [6.45, 7) is 4.06. The van der Waals surface area contributed by atoms with Gasteiger partial charge in [0.15, 0.2) is 0 Å². The van der Waals surface area contributed by atoms with Gasteiger partial charge < -0.3 is 0 Å². The molecule has 0 saturated heterocycles. The lowest BCUT2D eigenvalue weighted by Crippen LogP contribution is -1.92. The number of benzene rings is 1. The molecule has 0 saturated carbocycles. The van der Waals surface area contributed by atoms with Crippen molar-refractivity contribution in [1.29, 1.82) is 0 Å². The quantitative estimate of drug-likeness (QED) is 0.777. The molecule has 1 aromatic carbocycles. The number of aromatic nitrogens is 2. The second kappa shape index (κ2) is 3.65. The predicted octanol–water partition coefficient (Wildman–Crippen LogP) is 3.26. The molecule has 14 heavy (non-hydrogen) atoms. The van der Waals surface area contributed by atoms with Gasteiger partial charge in [-0.25, -0.2) is 9.97 Å². The zero-order chi connectivity index (χ0) is 10.1. The van der Waals surface area contributed by atoms with Crippen molar-refractivity contribution in [3.05, 3.63) is 34.2 Å². The maximum absolute atomic E-state index is 4.46. The second-order valence-electron chi connectivity index (χ2n) is 3.27. The molecule has 2 nitrogen and oxygen atoms in total. The first-order valence-corrected chi connectivity index (χ1v) is 5.42. The third-order valence-electron chi connectivity index (χ3n) is 2.23. The van der Waals surface area contributed by atoms with Crippen LogP contribution >= 0.6 is 15.9 Å². The molecule has 1 aromatic heterocycles. The number of hydrogen-bond donors (Lipinski definition) is 0. The Kier molecular flexibility index (Phi) is 2.50. The SMILES string of the molecule is CCc1cc(Br)cc2cnc(C)nc12. The summed E-state index contributed by atoms with van der Waals surface area (Å²) in [6.07, 6.45) is 2.87. The Morgan fingerprint density at radius 2 is 2.14 bits per heavy atom. The summed E-state index contributed by atoms with van der Waals surface area (Å²) in [7, 11) is 0. The smallest absolute Gasteiger partial charge is 0.125 e. The van der Waals surface area contributed by atoms with Crippen molar-refractivity contribution in [2.24, 2.45) is 0 Å². The molecule has 0 aliphatic rings. The molecular weight excluding hydrogens is 240 g/mol. The number of nitrogens with zero attached hydrogens (tertiary/aromatic N) is 2. The van der Waals surface area contributed by atoms with Crippen LogP contribution in [0.4, 0.5) is 0 Å². The van der Waals surface area contributed by atoms with Crippen molar-refractivity contribution in [2.45, 2.75) is 20.3 Å². The molecule has 1 heterocycles. The third-order valence-corrected chi connectivity index (χ3v) is 2.69. The normalized spacial score (nSPS) is 10.8. The van der Waals surface area contributed by atoms with E-state index in [1.54, 1.807) is 0 Å². The zero-order valence-electron chi connectivity index (χ0n) is 8.21. The van der Waals surface area contributed by atoms with Crippen LogP contribution in [0.2, 0.25) is 0 Å². The van der Waals surface area contributed by atoms with Gasteiger partial charge in [0.25, 0.3) is 0 Å². The molecule has 72 valence electrons. The van der Waals surface area contributed by atoms with Crippen LogP contribution in [0.15, 0.2) is 22.8 Å². The van der Waals surface area contributed by atoms with E-state index in [1.807, 2.05) is 19.2 Å². The van der Waals surface area contributed by atoms with Gasteiger partial charge in [-0.2, -0.15) is 0 Å². The number of halogens is 1. The molecule has 0 aliphatic carbocycles. The molecule has 0 unspecified atom stereocenters. The lowest BCUT2D eigenvalue weighted by Gasteiger charge is -2.04. The van der Waals surface area contributed by atoms with Crippen LogP contribution in [0.5, 0.6) is 0 Å². The lowest BCUT2D eigenvalue weighted by molar-refractivity contribution is 1.07. The van der Waals surface area contributed by atoms with E-state index in [0.717, 1.165) is 27.6 Å². The minimum Gasteiger partial charge on any atom is -0.241 e. The number of fused-ring (bicyclic) bond motifs is 1. The first-order valence-electron chi connectivity index (χ1n) is 4.62. The fourth-order valence-corrected chi connectivity index (χ4v) is 2.06. The van der Waals surface area contributed by atoms with Crippen molar-refractivity contribution in [1.82, 2.24) is 9.97 Å². The van der Waals surface area contributed by atoms with Gasteiger partial charge >= 0.3 is 0 Å². The van der Waals surface area contributed by atoms with E-state index < -0.39 is 0 Å². The topological polar surface area (TPSA) is 25.8 Å². The minimum absolute atomic E-state index is 0.828. The summed E-state index contributed by atoms with van der Waals surface area (Å²) in [5, 5.41) is 1.10. The monoisotopic (exact) mass is 250 g/mol. The van der Waals surface area contributed by atoms with E-state index in [0.29, 0.717) is 0 Å².